The van der Waals surface area contributed by atoms with Gasteiger partial charge in [0.1, 0.15) is 11.5 Å². The van der Waals surface area contributed by atoms with Crippen LogP contribution in [0.5, 0.6) is 11.5 Å². The number of nitrogens with zero attached hydrogens (tertiary/aromatic N) is 1. The number of aryl methyl sites for hydroxylation is 1. The standard InChI is InChI=1S/C24H34N2O4/c1-18-9-11-21(30-18)17-26(24(27)16-25-20-7-5-4-6-8-20)14-13-19-10-12-22(28-2)23(15-19)29-3/h9-12,15,20,25H,4-8,13-14,16-17H2,1-3H3. The lowest BCUT2D eigenvalue weighted by molar-refractivity contribution is -0.131. The fourth-order valence-electron chi connectivity index (χ4n) is 4.00. The van der Waals surface area contributed by atoms with Crippen molar-refractivity contribution in [2.75, 3.05) is 27.3 Å². The van der Waals surface area contributed by atoms with E-state index in [1.54, 1.807) is 14.2 Å². The number of nitrogens with one attached hydrogen (secondary N) is 1. The van der Waals surface area contributed by atoms with Gasteiger partial charge in [-0.25, -0.2) is 0 Å². The molecular formula is C24H34N2O4. The van der Waals surface area contributed by atoms with E-state index in [1.165, 1.54) is 19.3 Å². The second-order valence-corrected chi connectivity index (χ2v) is 7.98. The number of furan rings is 1. The minimum absolute atomic E-state index is 0.107. The second-order valence-electron chi connectivity index (χ2n) is 7.98. The molecule has 1 N–H and O–H groups in total. The molecule has 2 aromatic rings. The molecular weight excluding hydrogens is 380 g/mol. The number of amides is 1. The highest BCUT2D eigenvalue weighted by atomic mass is 16.5. The van der Waals surface area contributed by atoms with Gasteiger partial charge in [0.05, 0.1) is 27.3 Å². The van der Waals surface area contributed by atoms with Crippen molar-refractivity contribution < 1.29 is 18.7 Å². The lowest BCUT2D eigenvalue weighted by atomic mass is 9.95. The van der Waals surface area contributed by atoms with Crippen LogP contribution in [0.15, 0.2) is 34.7 Å². The number of rotatable bonds is 10. The lowest BCUT2D eigenvalue weighted by Crippen LogP contribution is -2.42. The Morgan fingerprint density at radius 1 is 1.10 bits per heavy atom. The van der Waals surface area contributed by atoms with Crippen molar-refractivity contribution in [3.05, 3.63) is 47.4 Å². The van der Waals surface area contributed by atoms with E-state index in [2.05, 4.69) is 5.32 Å². The van der Waals surface area contributed by atoms with Crippen LogP contribution in [0, 0.1) is 6.92 Å². The number of carbonyl (C=O) groups excluding carboxylic acids is 1. The van der Waals surface area contributed by atoms with Gasteiger partial charge in [0.2, 0.25) is 5.91 Å². The number of hydrogen-bond donors (Lipinski definition) is 1. The molecule has 0 atom stereocenters. The Hall–Kier alpha value is -2.47. The Morgan fingerprint density at radius 2 is 1.87 bits per heavy atom. The average molecular weight is 415 g/mol. The molecule has 0 radical (unpaired) electrons. The fraction of sp³-hybridized carbons (Fsp3) is 0.542. The molecule has 1 heterocycles. The van der Waals surface area contributed by atoms with Crippen molar-refractivity contribution >= 4 is 5.91 Å². The summed E-state index contributed by atoms with van der Waals surface area (Å²) in [6.45, 7) is 3.38. The van der Waals surface area contributed by atoms with Crippen LogP contribution in [0.2, 0.25) is 0 Å². The van der Waals surface area contributed by atoms with E-state index >= 15 is 0 Å². The van der Waals surface area contributed by atoms with E-state index in [9.17, 15) is 4.79 Å². The van der Waals surface area contributed by atoms with Gasteiger partial charge >= 0.3 is 0 Å². The molecule has 3 rings (SSSR count). The maximum Gasteiger partial charge on any atom is 0.236 e. The van der Waals surface area contributed by atoms with Gasteiger partial charge in [0, 0.05) is 12.6 Å². The average Bonchev–Trinajstić information content (AvgIpc) is 3.20. The minimum Gasteiger partial charge on any atom is -0.493 e. The summed E-state index contributed by atoms with van der Waals surface area (Å²) in [6.07, 6.45) is 6.87. The summed E-state index contributed by atoms with van der Waals surface area (Å²) in [7, 11) is 3.26. The van der Waals surface area contributed by atoms with Gasteiger partial charge in [-0.15, -0.1) is 0 Å². The maximum atomic E-state index is 13.0. The molecule has 1 fully saturated rings. The highest BCUT2D eigenvalue weighted by molar-refractivity contribution is 5.78. The third kappa shape index (κ3) is 6.26. The number of ether oxygens (including phenoxy) is 2. The first-order chi connectivity index (χ1) is 14.6. The van der Waals surface area contributed by atoms with E-state index in [4.69, 9.17) is 13.9 Å². The Labute approximate surface area is 179 Å². The molecule has 0 spiro atoms. The molecule has 1 aromatic heterocycles. The molecule has 1 aliphatic carbocycles. The van der Waals surface area contributed by atoms with E-state index in [0.29, 0.717) is 37.2 Å². The maximum absolute atomic E-state index is 13.0. The molecule has 0 bridgehead atoms. The molecule has 0 saturated heterocycles. The topological polar surface area (TPSA) is 63.9 Å². The van der Waals surface area contributed by atoms with Crippen LogP contribution >= 0.6 is 0 Å². The van der Waals surface area contributed by atoms with Crippen LogP contribution in [0.1, 0.15) is 49.2 Å². The van der Waals surface area contributed by atoms with Crippen molar-refractivity contribution in [3.63, 3.8) is 0 Å². The highest BCUT2D eigenvalue weighted by Crippen LogP contribution is 2.28. The quantitative estimate of drug-likeness (QED) is 0.634. The lowest BCUT2D eigenvalue weighted by Gasteiger charge is -2.26. The molecule has 6 nitrogen and oxygen atoms in total. The first kappa shape index (κ1) is 22.2. The number of carbonyl (C=O) groups is 1. The van der Waals surface area contributed by atoms with Gasteiger partial charge in [-0.3, -0.25) is 4.79 Å². The predicted octanol–water partition coefficient (Wildman–Crippen LogP) is 4.10. The number of benzene rings is 1. The number of methoxy groups -OCH3 is 2. The largest absolute Gasteiger partial charge is 0.493 e. The van der Waals surface area contributed by atoms with Crippen LogP contribution in [0.4, 0.5) is 0 Å². The molecule has 1 amide bonds. The summed E-state index contributed by atoms with van der Waals surface area (Å²) in [6, 6.07) is 10.2. The van der Waals surface area contributed by atoms with Gasteiger partial charge in [0.25, 0.3) is 0 Å². The van der Waals surface area contributed by atoms with Crippen LogP contribution in [-0.2, 0) is 17.8 Å². The van der Waals surface area contributed by atoms with Crippen molar-refractivity contribution in [2.24, 2.45) is 0 Å². The normalized spacial score (nSPS) is 14.5. The monoisotopic (exact) mass is 414 g/mol. The first-order valence-electron chi connectivity index (χ1n) is 10.9. The molecule has 30 heavy (non-hydrogen) atoms. The zero-order valence-electron chi connectivity index (χ0n) is 18.4. The van der Waals surface area contributed by atoms with E-state index < -0.39 is 0 Å². The van der Waals surface area contributed by atoms with Crippen molar-refractivity contribution in [1.82, 2.24) is 10.2 Å². The van der Waals surface area contributed by atoms with Crippen LogP contribution in [0.3, 0.4) is 0 Å². The van der Waals surface area contributed by atoms with Gasteiger partial charge in [-0.1, -0.05) is 25.3 Å². The summed E-state index contributed by atoms with van der Waals surface area (Å²) in [5, 5.41) is 3.47. The molecule has 1 aliphatic rings. The first-order valence-corrected chi connectivity index (χ1v) is 10.9. The Kier molecular flexibility index (Phi) is 8.20. The van der Waals surface area contributed by atoms with Crippen molar-refractivity contribution in [1.29, 1.82) is 0 Å². The van der Waals surface area contributed by atoms with Crippen LogP contribution in [-0.4, -0.2) is 44.2 Å². The third-order valence-corrected chi connectivity index (χ3v) is 5.76. The molecule has 0 aliphatic heterocycles. The summed E-state index contributed by atoms with van der Waals surface area (Å²) < 4.78 is 16.4. The van der Waals surface area contributed by atoms with E-state index in [1.807, 2.05) is 42.2 Å². The molecule has 6 heteroatoms. The second kappa shape index (κ2) is 11.1. The summed E-state index contributed by atoms with van der Waals surface area (Å²) in [5.41, 5.74) is 1.10. The SMILES string of the molecule is COc1ccc(CCN(Cc2ccc(C)o2)C(=O)CNC2CCCCC2)cc1OC. The summed E-state index contributed by atoms with van der Waals surface area (Å²) >= 11 is 0. The third-order valence-electron chi connectivity index (χ3n) is 5.76. The zero-order valence-corrected chi connectivity index (χ0v) is 18.4. The smallest absolute Gasteiger partial charge is 0.236 e. The fourth-order valence-corrected chi connectivity index (χ4v) is 4.00. The van der Waals surface area contributed by atoms with Gasteiger partial charge in [-0.05, 0) is 56.0 Å². The Morgan fingerprint density at radius 3 is 2.53 bits per heavy atom. The summed E-state index contributed by atoms with van der Waals surface area (Å²) in [4.78, 5) is 14.9. The van der Waals surface area contributed by atoms with Crippen LogP contribution in [0.25, 0.3) is 0 Å². The van der Waals surface area contributed by atoms with E-state index in [-0.39, 0.29) is 5.91 Å². The minimum atomic E-state index is 0.107. The summed E-state index contributed by atoms with van der Waals surface area (Å²) in [5.74, 6) is 3.18. The van der Waals surface area contributed by atoms with Crippen molar-refractivity contribution in [3.8, 4) is 11.5 Å². The predicted molar refractivity (Wildman–Crippen MR) is 117 cm³/mol. The van der Waals surface area contributed by atoms with Gasteiger partial charge in [-0.2, -0.15) is 0 Å². The van der Waals surface area contributed by atoms with Crippen molar-refractivity contribution in [2.45, 2.75) is 58.0 Å². The van der Waals surface area contributed by atoms with Gasteiger partial charge < -0.3 is 24.1 Å². The molecule has 1 aromatic carbocycles. The van der Waals surface area contributed by atoms with Crippen LogP contribution < -0.4 is 14.8 Å². The number of hydrogen-bond acceptors (Lipinski definition) is 5. The highest BCUT2D eigenvalue weighted by Gasteiger charge is 2.19. The molecule has 0 unspecified atom stereocenters. The van der Waals surface area contributed by atoms with Gasteiger partial charge in [0.15, 0.2) is 11.5 Å². The van der Waals surface area contributed by atoms with E-state index in [0.717, 1.165) is 36.3 Å². The molecule has 164 valence electrons. The molecule has 1 saturated carbocycles. The Balaban J connectivity index is 1.63. The zero-order chi connectivity index (χ0) is 21.3. The Bertz CT molecular complexity index is 811.